The van der Waals surface area contributed by atoms with Crippen molar-refractivity contribution < 1.29 is 14.6 Å². The number of rotatable bonds is 2. The molecule has 6 heteroatoms. The van der Waals surface area contributed by atoms with Crippen LogP contribution in [-0.4, -0.2) is 64.6 Å². The first-order valence-corrected chi connectivity index (χ1v) is 8.57. The maximum atomic E-state index is 11.3. The van der Waals surface area contributed by atoms with Crippen molar-refractivity contribution in [1.29, 1.82) is 0 Å². The van der Waals surface area contributed by atoms with Crippen LogP contribution in [0, 0.1) is 18.8 Å². The summed E-state index contributed by atoms with van der Waals surface area (Å²) in [6.07, 6.45) is 5.19. The molecule has 1 N–H and O–H groups in total. The van der Waals surface area contributed by atoms with Gasteiger partial charge in [0.2, 0.25) is 0 Å². The number of likely N-dealkylation sites (tertiary alicyclic amines) is 1. The van der Waals surface area contributed by atoms with Crippen LogP contribution in [0.4, 0.5) is 0 Å². The molecule has 4 atom stereocenters. The number of nitrogens with zero attached hydrogens (tertiary/aromatic N) is 3. The largest absolute Gasteiger partial charge is 0.389 e. The van der Waals surface area contributed by atoms with Crippen molar-refractivity contribution in [3.8, 4) is 0 Å². The highest BCUT2D eigenvalue weighted by Crippen LogP contribution is 2.44. The first-order chi connectivity index (χ1) is 11.2. The first-order valence-electron chi connectivity index (χ1n) is 8.57. The van der Waals surface area contributed by atoms with E-state index < -0.39 is 5.60 Å². The number of hydrogen-bond donors (Lipinski definition) is 1. The summed E-state index contributed by atoms with van der Waals surface area (Å²) >= 11 is 0. The fourth-order valence-electron chi connectivity index (χ4n) is 4.53. The molecule has 23 heavy (non-hydrogen) atoms. The minimum absolute atomic E-state index is 0.149. The Morgan fingerprint density at radius 3 is 2.96 bits per heavy atom. The molecule has 0 spiro atoms. The molecule has 1 aromatic rings. The molecule has 0 aromatic carbocycles. The van der Waals surface area contributed by atoms with E-state index in [9.17, 15) is 5.11 Å². The Morgan fingerprint density at radius 2 is 2.09 bits per heavy atom. The molecule has 0 amide bonds. The number of hydrogen-bond acceptors (Lipinski definition) is 6. The zero-order valence-corrected chi connectivity index (χ0v) is 13.6. The van der Waals surface area contributed by atoms with Gasteiger partial charge in [-0.25, -0.2) is 0 Å². The van der Waals surface area contributed by atoms with E-state index in [2.05, 4.69) is 14.9 Å². The predicted octanol–water partition coefficient (Wildman–Crippen LogP) is 0.773. The van der Waals surface area contributed by atoms with Crippen LogP contribution in [0.15, 0.2) is 12.4 Å². The Balaban J connectivity index is 1.61. The predicted molar refractivity (Wildman–Crippen MR) is 83.8 cm³/mol. The molecule has 0 radical (unpaired) electrons. The number of aromatic nitrogens is 2. The lowest BCUT2D eigenvalue weighted by atomic mass is 9.66. The van der Waals surface area contributed by atoms with Crippen LogP contribution in [0.2, 0.25) is 0 Å². The van der Waals surface area contributed by atoms with Gasteiger partial charge in [-0.15, -0.1) is 0 Å². The van der Waals surface area contributed by atoms with Crippen molar-refractivity contribution in [2.24, 2.45) is 11.8 Å². The zero-order valence-electron chi connectivity index (χ0n) is 13.6. The minimum Gasteiger partial charge on any atom is -0.389 e. The average molecular weight is 319 g/mol. The van der Waals surface area contributed by atoms with Crippen LogP contribution >= 0.6 is 0 Å². The van der Waals surface area contributed by atoms with Gasteiger partial charge in [0.1, 0.15) is 0 Å². The SMILES string of the molecule is Cc1nccnc1CN1C[C@@H]2COCC[C@@]2(O)[C@H]2COCC[C@@H]21. The lowest BCUT2D eigenvalue weighted by molar-refractivity contribution is -0.221. The lowest BCUT2D eigenvalue weighted by Gasteiger charge is -2.57. The molecule has 0 unspecified atom stereocenters. The van der Waals surface area contributed by atoms with Gasteiger partial charge in [0, 0.05) is 63.0 Å². The molecule has 3 aliphatic heterocycles. The summed E-state index contributed by atoms with van der Waals surface area (Å²) in [6.45, 7) is 6.35. The van der Waals surface area contributed by atoms with E-state index in [1.54, 1.807) is 12.4 Å². The van der Waals surface area contributed by atoms with Gasteiger partial charge in [0.05, 0.1) is 30.2 Å². The van der Waals surface area contributed by atoms with Crippen molar-refractivity contribution in [1.82, 2.24) is 14.9 Å². The molecule has 4 rings (SSSR count). The highest BCUT2D eigenvalue weighted by atomic mass is 16.5. The average Bonchev–Trinajstić information content (AvgIpc) is 2.58. The fourth-order valence-corrected chi connectivity index (χ4v) is 4.53. The van der Waals surface area contributed by atoms with Crippen LogP contribution in [0.3, 0.4) is 0 Å². The van der Waals surface area contributed by atoms with Gasteiger partial charge in [-0.05, 0) is 13.3 Å². The maximum Gasteiger partial charge on any atom is 0.0796 e. The van der Waals surface area contributed by atoms with E-state index in [1.165, 1.54) is 0 Å². The van der Waals surface area contributed by atoms with Gasteiger partial charge in [-0.1, -0.05) is 0 Å². The summed E-state index contributed by atoms with van der Waals surface area (Å²) in [5, 5.41) is 11.3. The van der Waals surface area contributed by atoms with Gasteiger partial charge < -0.3 is 14.6 Å². The molecular formula is C17H25N3O3. The third kappa shape index (κ3) is 2.67. The monoisotopic (exact) mass is 319 g/mol. The zero-order chi connectivity index (χ0) is 15.9. The number of ether oxygens (including phenoxy) is 2. The van der Waals surface area contributed by atoms with E-state index in [-0.39, 0.29) is 11.8 Å². The standard InChI is InChI=1S/C17H25N3O3/c1-12-15(19-5-4-18-12)9-20-8-13-10-23-7-3-17(13,21)14-11-22-6-2-16(14)20/h4-5,13-14,16,21H,2-3,6-11H2,1H3/t13-,14+,16+,17+/m1/s1. The second-order valence-corrected chi connectivity index (χ2v) is 7.07. The Hall–Kier alpha value is -1.08. The van der Waals surface area contributed by atoms with Crippen LogP contribution in [0.25, 0.3) is 0 Å². The van der Waals surface area contributed by atoms with Gasteiger partial charge in [-0.3, -0.25) is 14.9 Å². The normalized spacial score (nSPS) is 37.9. The van der Waals surface area contributed by atoms with Crippen LogP contribution in [0.5, 0.6) is 0 Å². The molecule has 0 bridgehead atoms. The van der Waals surface area contributed by atoms with Crippen molar-refractivity contribution >= 4 is 0 Å². The molecule has 6 nitrogen and oxygen atoms in total. The third-order valence-corrected chi connectivity index (χ3v) is 5.89. The van der Waals surface area contributed by atoms with E-state index in [4.69, 9.17) is 9.47 Å². The molecule has 126 valence electrons. The molecule has 0 aliphatic carbocycles. The second-order valence-electron chi connectivity index (χ2n) is 7.07. The van der Waals surface area contributed by atoms with Crippen molar-refractivity contribution in [3.63, 3.8) is 0 Å². The van der Waals surface area contributed by atoms with Crippen LogP contribution in [-0.2, 0) is 16.0 Å². The quantitative estimate of drug-likeness (QED) is 0.869. The molecule has 3 fully saturated rings. The lowest BCUT2D eigenvalue weighted by Crippen LogP contribution is -2.67. The van der Waals surface area contributed by atoms with Crippen LogP contribution in [0.1, 0.15) is 24.2 Å². The van der Waals surface area contributed by atoms with Crippen LogP contribution < -0.4 is 0 Å². The molecule has 3 saturated heterocycles. The summed E-state index contributed by atoms with van der Waals surface area (Å²) < 4.78 is 11.4. The molecule has 3 aliphatic rings. The molecular weight excluding hydrogens is 294 g/mol. The van der Waals surface area contributed by atoms with Crippen molar-refractivity contribution in [2.45, 2.75) is 38.0 Å². The minimum atomic E-state index is -0.642. The number of piperidine rings is 1. The highest BCUT2D eigenvalue weighted by Gasteiger charge is 2.55. The number of fused-ring (bicyclic) bond motifs is 3. The fraction of sp³-hybridized carbons (Fsp3) is 0.765. The second kappa shape index (κ2) is 6.09. The number of aryl methyl sites for hydroxylation is 1. The summed E-state index contributed by atoms with van der Waals surface area (Å²) in [5.74, 6) is 0.312. The highest BCUT2D eigenvalue weighted by molar-refractivity contribution is 5.11. The Morgan fingerprint density at radius 1 is 1.26 bits per heavy atom. The summed E-state index contributed by atoms with van der Waals surface area (Å²) in [5.41, 5.74) is 1.37. The topological polar surface area (TPSA) is 67.7 Å². The molecule has 0 saturated carbocycles. The summed E-state index contributed by atoms with van der Waals surface area (Å²) in [7, 11) is 0. The summed E-state index contributed by atoms with van der Waals surface area (Å²) in [6, 6.07) is 0.351. The van der Waals surface area contributed by atoms with Gasteiger partial charge in [-0.2, -0.15) is 0 Å². The first kappa shape index (κ1) is 15.4. The van der Waals surface area contributed by atoms with Crippen molar-refractivity contribution in [2.75, 3.05) is 33.0 Å². The van der Waals surface area contributed by atoms with E-state index in [0.29, 0.717) is 25.9 Å². The molecule has 1 aromatic heterocycles. The van der Waals surface area contributed by atoms with Gasteiger partial charge in [0.15, 0.2) is 0 Å². The van der Waals surface area contributed by atoms with Gasteiger partial charge in [0.25, 0.3) is 0 Å². The maximum absolute atomic E-state index is 11.3. The summed E-state index contributed by atoms with van der Waals surface area (Å²) in [4.78, 5) is 11.3. The van der Waals surface area contributed by atoms with E-state index in [0.717, 1.165) is 43.9 Å². The molecule has 4 heterocycles. The van der Waals surface area contributed by atoms with E-state index in [1.807, 2.05) is 6.92 Å². The Kier molecular flexibility index (Phi) is 4.09. The van der Waals surface area contributed by atoms with E-state index >= 15 is 0 Å². The Labute approximate surface area is 136 Å². The van der Waals surface area contributed by atoms with Crippen molar-refractivity contribution in [3.05, 3.63) is 23.8 Å². The third-order valence-electron chi connectivity index (χ3n) is 5.89. The Bertz CT molecular complexity index is 570. The number of aliphatic hydroxyl groups is 1. The van der Waals surface area contributed by atoms with Gasteiger partial charge >= 0.3 is 0 Å². The smallest absolute Gasteiger partial charge is 0.0796 e.